The molecule has 2 aliphatic heterocycles. The number of nitrogens with zero attached hydrogens (tertiary/aromatic N) is 2. The number of benzene rings is 1. The molecule has 1 aromatic rings. The molecule has 2 fully saturated rings. The molecule has 0 unspecified atom stereocenters. The third-order valence-electron chi connectivity index (χ3n) is 4.82. The molecular weight excluding hydrogens is 372 g/mol. The Labute approximate surface area is 159 Å². The van der Waals surface area contributed by atoms with Crippen LogP contribution < -0.4 is 0 Å². The number of thioether (sulfide) groups is 1. The fraction of sp³-hybridized carbons (Fsp3) is 0.611. The van der Waals surface area contributed by atoms with E-state index in [1.54, 1.807) is 28.6 Å². The molecule has 0 aromatic heterocycles. The van der Waals surface area contributed by atoms with Gasteiger partial charge in [0.05, 0.1) is 18.1 Å². The second kappa shape index (κ2) is 8.84. The fourth-order valence-electron chi connectivity index (χ4n) is 3.35. The Bertz CT molecular complexity index is 715. The number of ether oxygens (including phenoxy) is 1. The maximum absolute atomic E-state index is 13.3. The van der Waals surface area contributed by atoms with Crippen molar-refractivity contribution in [1.82, 2.24) is 9.21 Å². The lowest BCUT2D eigenvalue weighted by Crippen LogP contribution is -2.50. The highest BCUT2D eigenvalue weighted by atomic mass is 32.2. The number of carbonyl (C=O) groups is 1. The monoisotopic (exact) mass is 398 g/mol. The predicted octanol–water partition coefficient (Wildman–Crippen LogP) is 1.72. The molecule has 0 bridgehead atoms. The van der Waals surface area contributed by atoms with E-state index in [2.05, 4.69) is 4.90 Å². The van der Waals surface area contributed by atoms with Gasteiger partial charge in [-0.25, -0.2) is 8.42 Å². The van der Waals surface area contributed by atoms with Gasteiger partial charge in [-0.15, -0.1) is 0 Å². The second-order valence-corrected chi connectivity index (χ2v) is 9.73. The third-order valence-corrected chi connectivity index (χ3v) is 7.99. The normalized spacial score (nSPS) is 23.5. The van der Waals surface area contributed by atoms with Gasteiger partial charge in [0.2, 0.25) is 10.0 Å². The van der Waals surface area contributed by atoms with E-state index in [1.807, 2.05) is 11.8 Å². The van der Waals surface area contributed by atoms with Gasteiger partial charge >= 0.3 is 0 Å². The first-order valence-corrected chi connectivity index (χ1v) is 11.6. The molecule has 0 spiro atoms. The van der Waals surface area contributed by atoms with Crippen LogP contribution in [0.1, 0.15) is 23.7 Å². The van der Waals surface area contributed by atoms with Gasteiger partial charge in [0.1, 0.15) is 0 Å². The first-order valence-electron chi connectivity index (χ1n) is 8.99. The average molecular weight is 399 g/mol. The van der Waals surface area contributed by atoms with Gasteiger partial charge < -0.3 is 4.74 Å². The Morgan fingerprint density at radius 2 is 1.88 bits per heavy atom. The van der Waals surface area contributed by atoms with E-state index >= 15 is 0 Å². The van der Waals surface area contributed by atoms with E-state index in [9.17, 15) is 13.2 Å². The minimum Gasteiger partial charge on any atom is -0.379 e. The molecular formula is C18H26N2O4S2. The minimum atomic E-state index is -3.58. The Morgan fingerprint density at radius 1 is 1.19 bits per heavy atom. The van der Waals surface area contributed by atoms with Gasteiger partial charge in [0.25, 0.3) is 0 Å². The average Bonchev–Trinajstić information content (AvgIpc) is 2.88. The molecule has 0 amide bonds. The van der Waals surface area contributed by atoms with Crippen molar-refractivity contribution < 1.29 is 17.9 Å². The van der Waals surface area contributed by atoms with Crippen LogP contribution in [0.25, 0.3) is 0 Å². The van der Waals surface area contributed by atoms with Gasteiger partial charge in [0.15, 0.2) is 5.78 Å². The van der Waals surface area contributed by atoms with Crippen LogP contribution in [0.3, 0.4) is 0 Å². The Balaban J connectivity index is 1.82. The molecule has 0 radical (unpaired) electrons. The zero-order valence-corrected chi connectivity index (χ0v) is 16.7. The maximum Gasteiger partial charge on any atom is 0.243 e. The van der Waals surface area contributed by atoms with Crippen molar-refractivity contribution in [3.8, 4) is 0 Å². The molecule has 1 aromatic carbocycles. The van der Waals surface area contributed by atoms with Crippen molar-refractivity contribution in [1.29, 1.82) is 0 Å². The highest BCUT2D eigenvalue weighted by molar-refractivity contribution is 7.99. The molecule has 3 rings (SSSR count). The maximum atomic E-state index is 13.3. The molecule has 2 saturated heterocycles. The number of ketones is 1. The molecule has 0 N–H and O–H groups in total. The number of hydrogen-bond acceptors (Lipinski definition) is 6. The van der Waals surface area contributed by atoms with E-state index in [0.717, 1.165) is 37.6 Å². The van der Waals surface area contributed by atoms with Crippen molar-refractivity contribution in [2.75, 3.05) is 50.9 Å². The molecule has 2 heterocycles. The Morgan fingerprint density at radius 3 is 2.54 bits per heavy atom. The molecule has 1 atom stereocenters. The van der Waals surface area contributed by atoms with E-state index in [0.29, 0.717) is 25.3 Å². The molecule has 144 valence electrons. The summed E-state index contributed by atoms with van der Waals surface area (Å²) in [6.07, 6.45) is 0.856. The summed E-state index contributed by atoms with van der Waals surface area (Å²) in [6.45, 7) is 5.87. The number of sulfonamides is 1. The second-order valence-electron chi connectivity index (χ2n) is 6.69. The van der Waals surface area contributed by atoms with Crippen LogP contribution in [-0.2, 0) is 14.8 Å². The summed E-state index contributed by atoms with van der Waals surface area (Å²) in [4.78, 5) is 14.0. The first kappa shape index (κ1) is 19.8. The van der Waals surface area contributed by atoms with Crippen LogP contribution in [-0.4, -0.2) is 80.3 Å². The van der Waals surface area contributed by atoms with Gasteiger partial charge in [-0.05, 0) is 31.2 Å². The van der Waals surface area contributed by atoms with Crippen LogP contribution in [0.5, 0.6) is 0 Å². The van der Waals surface area contributed by atoms with Crippen molar-refractivity contribution in [3.63, 3.8) is 0 Å². The Hall–Kier alpha value is -0.930. The zero-order valence-electron chi connectivity index (χ0n) is 15.1. The van der Waals surface area contributed by atoms with E-state index in [-0.39, 0.29) is 16.7 Å². The predicted molar refractivity (Wildman–Crippen MR) is 103 cm³/mol. The van der Waals surface area contributed by atoms with Gasteiger partial charge in [0, 0.05) is 43.5 Å². The minimum absolute atomic E-state index is 0.0434. The van der Waals surface area contributed by atoms with Crippen LogP contribution in [0, 0.1) is 0 Å². The van der Waals surface area contributed by atoms with Crippen LogP contribution >= 0.6 is 11.8 Å². The lowest BCUT2D eigenvalue weighted by atomic mass is 10.2. The van der Waals surface area contributed by atoms with Crippen LogP contribution in [0.2, 0.25) is 0 Å². The van der Waals surface area contributed by atoms with E-state index < -0.39 is 10.0 Å². The van der Waals surface area contributed by atoms with Crippen molar-refractivity contribution in [2.45, 2.75) is 24.3 Å². The zero-order chi connectivity index (χ0) is 18.6. The smallest absolute Gasteiger partial charge is 0.243 e. The number of hydrogen-bond donors (Lipinski definition) is 0. The summed E-state index contributed by atoms with van der Waals surface area (Å²) in [5.74, 6) is 1.72. The highest BCUT2D eigenvalue weighted by Crippen LogP contribution is 2.25. The van der Waals surface area contributed by atoms with E-state index in [4.69, 9.17) is 4.74 Å². The van der Waals surface area contributed by atoms with Gasteiger partial charge in [-0.2, -0.15) is 16.1 Å². The highest BCUT2D eigenvalue weighted by Gasteiger charge is 2.34. The van der Waals surface area contributed by atoms with Crippen molar-refractivity contribution >= 4 is 27.6 Å². The molecule has 8 heteroatoms. The summed E-state index contributed by atoms with van der Waals surface area (Å²) in [5.41, 5.74) is 0.528. The summed E-state index contributed by atoms with van der Waals surface area (Å²) in [5, 5.41) is 0. The van der Waals surface area contributed by atoms with Gasteiger partial charge in [-0.1, -0.05) is 12.1 Å². The third kappa shape index (κ3) is 4.67. The number of morpholine rings is 1. The largest absolute Gasteiger partial charge is 0.379 e. The van der Waals surface area contributed by atoms with Gasteiger partial charge in [-0.3, -0.25) is 9.69 Å². The van der Waals surface area contributed by atoms with E-state index in [1.165, 1.54) is 6.92 Å². The molecule has 0 saturated carbocycles. The number of Topliss-reactive ketones (excluding diaryl/α,β-unsaturated/α-hetero) is 1. The van der Waals surface area contributed by atoms with Crippen molar-refractivity contribution in [3.05, 3.63) is 29.8 Å². The fourth-order valence-corrected chi connectivity index (χ4v) is 6.15. The van der Waals surface area contributed by atoms with Crippen LogP contribution in [0.4, 0.5) is 0 Å². The quantitative estimate of drug-likeness (QED) is 0.704. The first-order chi connectivity index (χ1) is 12.5. The lowest BCUT2D eigenvalue weighted by Gasteiger charge is -2.35. The summed E-state index contributed by atoms with van der Waals surface area (Å²) in [7, 11) is -3.58. The molecule has 2 aliphatic rings. The summed E-state index contributed by atoms with van der Waals surface area (Å²) < 4.78 is 33.6. The molecule has 26 heavy (non-hydrogen) atoms. The Kier molecular flexibility index (Phi) is 6.74. The summed E-state index contributed by atoms with van der Waals surface area (Å²) >= 11 is 1.83. The SMILES string of the molecule is CC(=O)c1ccc(S(=O)(=O)N2CCCSC[C@H]2CN2CCOCC2)cc1. The molecule has 0 aliphatic carbocycles. The number of rotatable bonds is 5. The number of carbonyl (C=O) groups excluding carboxylic acids is 1. The van der Waals surface area contributed by atoms with Crippen molar-refractivity contribution in [2.24, 2.45) is 0 Å². The van der Waals surface area contributed by atoms with Crippen LogP contribution in [0.15, 0.2) is 29.2 Å². The topological polar surface area (TPSA) is 66.9 Å². The molecule has 6 nitrogen and oxygen atoms in total. The summed E-state index contributed by atoms with van der Waals surface area (Å²) in [6, 6.07) is 6.25. The standard InChI is InChI=1S/C18H26N2O4S2/c1-15(21)16-3-5-18(6-4-16)26(22,23)20-7-2-12-25-14-17(20)13-19-8-10-24-11-9-19/h3-6,17H,2,7-14H2,1H3/t17-/m1/s1. The lowest BCUT2D eigenvalue weighted by molar-refractivity contribution is 0.0309.